The number of aliphatic imine (C=N–C) groups is 1. The van der Waals surface area contributed by atoms with Gasteiger partial charge in [-0.05, 0) is 42.7 Å². The molecular formula is C20H22N4O3S. The van der Waals surface area contributed by atoms with E-state index >= 15 is 0 Å². The van der Waals surface area contributed by atoms with Gasteiger partial charge in [0.05, 0.1) is 4.90 Å². The van der Waals surface area contributed by atoms with Crippen molar-refractivity contribution >= 4 is 27.5 Å². The van der Waals surface area contributed by atoms with E-state index in [4.69, 9.17) is 0 Å². The van der Waals surface area contributed by atoms with Crippen LogP contribution < -0.4 is 14.9 Å². The number of hydrogen-bond acceptors (Lipinski definition) is 5. The van der Waals surface area contributed by atoms with Crippen molar-refractivity contribution in [1.82, 2.24) is 10.0 Å². The molecular weight excluding hydrogens is 376 g/mol. The number of nitrogens with one attached hydrogen (secondary N) is 2. The Morgan fingerprint density at radius 1 is 1.07 bits per heavy atom. The number of amidine groups is 1. The smallest absolute Gasteiger partial charge is 0.263 e. The van der Waals surface area contributed by atoms with E-state index < -0.39 is 10.0 Å². The number of amides is 1. The lowest BCUT2D eigenvalue weighted by molar-refractivity contribution is -0.119. The molecule has 2 N–H and O–H groups in total. The van der Waals surface area contributed by atoms with Crippen LogP contribution in [0.1, 0.15) is 24.0 Å². The summed E-state index contributed by atoms with van der Waals surface area (Å²) >= 11 is 0. The molecule has 2 aliphatic rings. The molecule has 0 spiro atoms. The summed E-state index contributed by atoms with van der Waals surface area (Å²) in [6.07, 6.45) is 2.47. The molecule has 2 aromatic carbocycles. The first-order chi connectivity index (χ1) is 13.5. The first-order valence-electron chi connectivity index (χ1n) is 9.30. The summed E-state index contributed by atoms with van der Waals surface area (Å²) in [5.74, 6) is -0.0552. The molecule has 1 saturated heterocycles. The van der Waals surface area contributed by atoms with E-state index in [9.17, 15) is 13.2 Å². The molecule has 2 aliphatic heterocycles. The molecule has 2 heterocycles. The van der Waals surface area contributed by atoms with Crippen LogP contribution in [0.25, 0.3) is 0 Å². The molecule has 0 radical (unpaired) electrons. The van der Waals surface area contributed by atoms with E-state index in [1.807, 2.05) is 12.1 Å². The average molecular weight is 398 g/mol. The molecule has 1 amide bonds. The average Bonchev–Trinajstić information content (AvgIpc) is 3.32. The van der Waals surface area contributed by atoms with Crippen LogP contribution in [0.4, 0.5) is 5.69 Å². The third kappa shape index (κ3) is 3.87. The second-order valence-electron chi connectivity index (χ2n) is 6.90. The predicted molar refractivity (Wildman–Crippen MR) is 108 cm³/mol. The van der Waals surface area contributed by atoms with Gasteiger partial charge >= 0.3 is 0 Å². The van der Waals surface area contributed by atoms with Gasteiger partial charge in [0.15, 0.2) is 0 Å². The van der Waals surface area contributed by atoms with Gasteiger partial charge in [-0.3, -0.25) is 14.5 Å². The fourth-order valence-electron chi connectivity index (χ4n) is 3.46. The highest BCUT2D eigenvalue weighted by Crippen LogP contribution is 2.22. The van der Waals surface area contributed by atoms with Crippen LogP contribution in [0.15, 0.2) is 58.4 Å². The Kier molecular flexibility index (Phi) is 5.04. The Hall–Kier alpha value is -2.87. The van der Waals surface area contributed by atoms with Gasteiger partial charge in [-0.2, -0.15) is 0 Å². The Balaban J connectivity index is 1.33. The summed E-state index contributed by atoms with van der Waals surface area (Å²) in [6, 6.07) is 14.8. The number of sulfonamides is 1. The molecule has 0 saturated carbocycles. The predicted octanol–water partition coefficient (Wildman–Crippen LogP) is 1.64. The van der Waals surface area contributed by atoms with Crippen molar-refractivity contribution < 1.29 is 13.2 Å². The Morgan fingerprint density at radius 2 is 1.79 bits per heavy atom. The van der Waals surface area contributed by atoms with Crippen molar-refractivity contribution in [3.8, 4) is 0 Å². The lowest BCUT2D eigenvalue weighted by Gasteiger charge is -2.17. The molecule has 28 heavy (non-hydrogen) atoms. The molecule has 0 aromatic heterocycles. The first-order valence-corrected chi connectivity index (χ1v) is 10.8. The summed E-state index contributed by atoms with van der Waals surface area (Å²) in [5.41, 5.74) is 2.72. The van der Waals surface area contributed by atoms with E-state index in [1.165, 1.54) is 24.6 Å². The molecule has 0 bridgehead atoms. The number of rotatable bonds is 5. The molecule has 1 fully saturated rings. The highest BCUT2D eigenvalue weighted by molar-refractivity contribution is 7.90. The summed E-state index contributed by atoms with van der Waals surface area (Å²) in [4.78, 5) is 18.8. The highest BCUT2D eigenvalue weighted by atomic mass is 32.2. The molecule has 0 unspecified atom stereocenters. The number of carbonyl (C=O) groups is 1. The van der Waals surface area contributed by atoms with Gasteiger partial charge < -0.3 is 10.2 Å². The Labute approximate surface area is 164 Å². The van der Waals surface area contributed by atoms with Crippen LogP contribution in [-0.4, -0.2) is 39.8 Å². The molecule has 0 aliphatic carbocycles. The standard InChI is InChI=1S/C20H22N4O3S/c25-19(14-22-20-17-5-1-2-6-18(17)28(26,27)23-20)21-13-15-7-9-16(10-8-15)24-11-3-4-12-24/h1-2,5-10H,3-4,11-14H2,(H,21,25)(H,22,23). The summed E-state index contributed by atoms with van der Waals surface area (Å²) in [7, 11) is -3.59. The zero-order valence-corrected chi connectivity index (χ0v) is 16.2. The van der Waals surface area contributed by atoms with Gasteiger partial charge in [-0.1, -0.05) is 24.3 Å². The fourth-order valence-corrected chi connectivity index (χ4v) is 4.71. The van der Waals surface area contributed by atoms with Gasteiger partial charge in [0, 0.05) is 30.9 Å². The maximum absolute atomic E-state index is 12.1. The number of fused-ring (bicyclic) bond motifs is 1. The summed E-state index contributed by atoms with van der Waals surface area (Å²) in [5, 5.41) is 2.82. The number of nitrogens with zero attached hydrogens (tertiary/aromatic N) is 2. The monoisotopic (exact) mass is 398 g/mol. The van der Waals surface area contributed by atoms with E-state index in [0.29, 0.717) is 12.1 Å². The van der Waals surface area contributed by atoms with Gasteiger partial charge in [-0.25, -0.2) is 8.42 Å². The van der Waals surface area contributed by atoms with Crippen LogP contribution in [0.3, 0.4) is 0 Å². The fraction of sp³-hybridized carbons (Fsp3) is 0.300. The van der Waals surface area contributed by atoms with Crippen molar-refractivity contribution in [2.45, 2.75) is 24.3 Å². The SMILES string of the molecule is O=C(CN=C1NS(=O)(=O)c2ccccc21)NCc1ccc(N2CCCC2)cc1. The molecule has 4 rings (SSSR count). The van der Waals surface area contributed by atoms with Crippen molar-refractivity contribution in [3.05, 3.63) is 59.7 Å². The minimum atomic E-state index is -3.59. The third-order valence-corrected chi connectivity index (χ3v) is 6.34. The number of hydrogen-bond donors (Lipinski definition) is 2. The van der Waals surface area contributed by atoms with E-state index in [0.717, 1.165) is 18.7 Å². The maximum atomic E-state index is 12.1. The maximum Gasteiger partial charge on any atom is 0.263 e. The first kappa shape index (κ1) is 18.5. The van der Waals surface area contributed by atoms with E-state index in [2.05, 4.69) is 32.1 Å². The molecule has 7 nitrogen and oxygen atoms in total. The van der Waals surface area contributed by atoms with Crippen LogP contribution in [-0.2, 0) is 21.4 Å². The zero-order valence-electron chi connectivity index (χ0n) is 15.4. The summed E-state index contributed by atoms with van der Waals surface area (Å²) < 4.78 is 26.5. The number of anilines is 1. The minimum Gasteiger partial charge on any atom is -0.372 e. The Bertz CT molecular complexity index is 1010. The van der Waals surface area contributed by atoms with Gasteiger partial charge in [0.1, 0.15) is 12.4 Å². The van der Waals surface area contributed by atoms with Crippen LogP contribution >= 0.6 is 0 Å². The van der Waals surface area contributed by atoms with Crippen molar-refractivity contribution in [2.75, 3.05) is 24.5 Å². The van der Waals surface area contributed by atoms with E-state index in [1.54, 1.807) is 18.2 Å². The Morgan fingerprint density at radius 3 is 2.54 bits per heavy atom. The second kappa shape index (κ2) is 7.63. The molecule has 8 heteroatoms. The molecule has 2 aromatic rings. The lowest BCUT2D eigenvalue weighted by atomic mass is 10.2. The van der Waals surface area contributed by atoms with Crippen molar-refractivity contribution in [2.24, 2.45) is 4.99 Å². The highest BCUT2D eigenvalue weighted by Gasteiger charge is 2.30. The van der Waals surface area contributed by atoms with Crippen molar-refractivity contribution in [1.29, 1.82) is 0 Å². The molecule has 0 atom stereocenters. The topological polar surface area (TPSA) is 90.9 Å². The normalized spacial score (nSPS) is 18.7. The van der Waals surface area contributed by atoms with Gasteiger partial charge in [0.2, 0.25) is 5.91 Å². The van der Waals surface area contributed by atoms with E-state index in [-0.39, 0.29) is 23.2 Å². The second-order valence-corrected chi connectivity index (χ2v) is 8.55. The van der Waals surface area contributed by atoms with Gasteiger partial charge in [0.25, 0.3) is 10.0 Å². The van der Waals surface area contributed by atoms with Crippen LogP contribution in [0, 0.1) is 0 Å². The largest absolute Gasteiger partial charge is 0.372 e. The number of carbonyl (C=O) groups excluding carboxylic acids is 1. The quantitative estimate of drug-likeness (QED) is 0.801. The third-order valence-electron chi connectivity index (χ3n) is 4.94. The zero-order chi connectivity index (χ0) is 19.6. The van der Waals surface area contributed by atoms with Crippen LogP contribution in [0.5, 0.6) is 0 Å². The minimum absolute atomic E-state index is 0.141. The number of benzene rings is 2. The van der Waals surface area contributed by atoms with Gasteiger partial charge in [-0.15, -0.1) is 0 Å². The van der Waals surface area contributed by atoms with Crippen molar-refractivity contribution in [3.63, 3.8) is 0 Å². The lowest BCUT2D eigenvalue weighted by Crippen LogP contribution is -2.28. The summed E-state index contributed by atoms with van der Waals surface area (Å²) in [6.45, 7) is 2.47. The van der Waals surface area contributed by atoms with Crippen LogP contribution in [0.2, 0.25) is 0 Å². The molecule has 146 valence electrons.